The molecule has 68 valence electrons. The second kappa shape index (κ2) is 4.51. The van der Waals surface area contributed by atoms with E-state index in [4.69, 9.17) is 4.89 Å². The van der Waals surface area contributed by atoms with Crippen molar-refractivity contribution in [1.29, 1.82) is 0 Å². The Balaban J connectivity index is 3.97. The van der Waals surface area contributed by atoms with E-state index < -0.39 is 6.80 Å². The molecule has 0 aromatic rings. The van der Waals surface area contributed by atoms with Crippen LogP contribution in [-0.4, -0.2) is 10.1 Å². The summed E-state index contributed by atoms with van der Waals surface area (Å²) in [6, 6.07) is 0. The monoisotopic (exact) mass is 200 g/mol. The first-order valence-corrected chi connectivity index (χ1v) is 6.55. The molecule has 0 saturated carbocycles. The molecule has 0 rings (SSSR count). The van der Waals surface area contributed by atoms with Crippen molar-refractivity contribution in [1.82, 2.24) is 0 Å². The molecule has 0 aliphatic rings. The molecule has 0 aromatic heterocycles. The van der Waals surface area contributed by atoms with E-state index in [1.165, 1.54) is 0 Å². The highest BCUT2D eigenvalue weighted by atomic mass is 32.5. The molecule has 0 aliphatic heterocycles. The molecule has 0 radical (unpaired) electrons. The van der Waals surface area contributed by atoms with Crippen molar-refractivity contribution in [2.45, 2.75) is 32.4 Å². The summed E-state index contributed by atoms with van der Waals surface area (Å²) in [4.78, 5) is 18.6. The third kappa shape index (κ3) is 8.41. The van der Waals surface area contributed by atoms with Gasteiger partial charge in [-0.1, -0.05) is 13.8 Å². The zero-order chi connectivity index (χ0) is 9.07. The van der Waals surface area contributed by atoms with Crippen molar-refractivity contribution in [2.75, 3.05) is 0 Å². The van der Waals surface area contributed by atoms with Crippen LogP contribution in [0, 0.1) is 5.92 Å². The Morgan fingerprint density at radius 1 is 1.55 bits per heavy atom. The summed E-state index contributed by atoms with van der Waals surface area (Å²) in [6.07, 6.45) is 0.763. The first kappa shape index (κ1) is 11.5. The minimum atomic E-state index is -4.36. The van der Waals surface area contributed by atoms with E-state index in [2.05, 4.69) is 0 Å². The predicted octanol–water partition coefficient (Wildman–Crippen LogP) is 1.50. The maximum absolute atomic E-state index is 12.2. The quantitative estimate of drug-likeness (QED) is 0.554. The minimum absolute atomic E-state index is 0.0872. The van der Waals surface area contributed by atoms with Crippen molar-refractivity contribution in [2.24, 2.45) is 5.92 Å². The Morgan fingerprint density at radius 3 is 2.27 bits per heavy atom. The van der Waals surface area contributed by atoms with Gasteiger partial charge in [-0.3, -0.25) is 0 Å². The standard InChI is InChI=1S/C6H14FO2PS/c1-5(2)4-6(3)11-10(7,8)9/h5-6H,4H2,1-3H3,(H-,8,9). The normalized spacial score (nSPS) is 19.5. The fraction of sp³-hybridized carbons (Fsp3) is 1.00. The molecule has 0 heterocycles. The first-order chi connectivity index (χ1) is 4.81. The summed E-state index contributed by atoms with van der Waals surface area (Å²) in [5.41, 5.74) is 0. The van der Waals surface area contributed by atoms with E-state index in [1.807, 2.05) is 13.8 Å². The highest BCUT2D eigenvalue weighted by Crippen LogP contribution is 2.35. The van der Waals surface area contributed by atoms with Crippen molar-refractivity contribution in [3.8, 4) is 0 Å². The maximum Gasteiger partial charge on any atom is 0.354 e. The SMILES string of the molecule is CC(C)CC(C)[S+]=P([O-])(O)F. The van der Waals surface area contributed by atoms with E-state index in [0.29, 0.717) is 16.9 Å². The molecule has 2 unspecified atom stereocenters. The van der Waals surface area contributed by atoms with E-state index in [1.54, 1.807) is 6.92 Å². The Labute approximate surface area is 70.7 Å². The smallest absolute Gasteiger partial charge is 0.354 e. The Morgan fingerprint density at radius 2 is 2.00 bits per heavy atom. The van der Waals surface area contributed by atoms with Crippen LogP contribution in [0.4, 0.5) is 4.20 Å². The van der Waals surface area contributed by atoms with Crippen LogP contribution >= 0.6 is 6.80 Å². The summed E-state index contributed by atoms with van der Waals surface area (Å²) in [5, 5.41) is -0.0872. The fourth-order valence-electron chi connectivity index (χ4n) is 0.929. The Hall–Kier alpha value is 0.500. The highest BCUT2D eigenvalue weighted by Gasteiger charge is 2.18. The van der Waals surface area contributed by atoms with Crippen LogP contribution in [0.2, 0.25) is 0 Å². The van der Waals surface area contributed by atoms with Gasteiger partial charge in [0.2, 0.25) is 10.9 Å². The van der Waals surface area contributed by atoms with Gasteiger partial charge in [-0.05, 0) is 12.8 Å². The van der Waals surface area contributed by atoms with E-state index >= 15 is 0 Å². The fourth-order valence-corrected chi connectivity index (χ4v) is 3.43. The van der Waals surface area contributed by atoms with Crippen molar-refractivity contribution in [3.05, 3.63) is 0 Å². The van der Waals surface area contributed by atoms with Crippen molar-refractivity contribution >= 4 is 17.7 Å². The van der Waals surface area contributed by atoms with Crippen LogP contribution in [0.1, 0.15) is 27.2 Å². The summed E-state index contributed by atoms with van der Waals surface area (Å²) < 4.78 is 12.2. The largest absolute Gasteiger partial charge is 0.738 e. The Bertz CT molecular complexity index is 158. The van der Waals surface area contributed by atoms with Gasteiger partial charge >= 0.3 is 6.80 Å². The van der Waals surface area contributed by atoms with Crippen LogP contribution in [0.25, 0.3) is 0 Å². The van der Waals surface area contributed by atoms with Gasteiger partial charge in [-0.15, -0.1) is 0 Å². The second-order valence-corrected chi connectivity index (χ2v) is 6.90. The van der Waals surface area contributed by atoms with Crippen LogP contribution < -0.4 is 4.89 Å². The average Bonchev–Trinajstić information content (AvgIpc) is 1.53. The number of hydrogen-bond acceptors (Lipinski definition) is 1. The first-order valence-electron chi connectivity index (χ1n) is 3.52. The molecule has 0 saturated heterocycles. The molecule has 2 nitrogen and oxygen atoms in total. The predicted molar refractivity (Wildman–Crippen MR) is 46.5 cm³/mol. The molecule has 2 atom stereocenters. The lowest BCUT2D eigenvalue weighted by molar-refractivity contribution is -0.189. The molecule has 11 heavy (non-hydrogen) atoms. The van der Waals surface area contributed by atoms with Crippen LogP contribution in [0.3, 0.4) is 0 Å². The molecule has 1 N–H and O–H groups in total. The molecule has 0 fully saturated rings. The topological polar surface area (TPSA) is 43.3 Å². The molecule has 0 aliphatic carbocycles. The molecule has 0 aromatic carbocycles. The van der Waals surface area contributed by atoms with Gasteiger partial charge in [0.05, 0.1) is 0 Å². The summed E-state index contributed by atoms with van der Waals surface area (Å²) in [5.74, 6) is 0.434. The molecular formula is C6H14FO2PS. The van der Waals surface area contributed by atoms with Crippen LogP contribution in [-0.2, 0) is 10.9 Å². The van der Waals surface area contributed by atoms with Gasteiger partial charge in [0.15, 0.2) is 5.25 Å². The highest BCUT2D eigenvalue weighted by molar-refractivity contribution is 8.16. The van der Waals surface area contributed by atoms with Gasteiger partial charge in [-0.25, -0.2) is 0 Å². The molecule has 5 heteroatoms. The number of rotatable bonds is 3. The van der Waals surface area contributed by atoms with Gasteiger partial charge in [0.25, 0.3) is 0 Å². The average molecular weight is 200 g/mol. The summed E-state index contributed by atoms with van der Waals surface area (Å²) in [6.45, 7) is 1.39. The third-order valence-corrected chi connectivity index (χ3v) is 3.79. The lowest BCUT2D eigenvalue weighted by Gasteiger charge is -2.04. The third-order valence-electron chi connectivity index (χ3n) is 1.11. The van der Waals surface area contributed by atoms with Crippen LogP contribution in [0.15, 0.2) is 0 Å². The lowest BCUT2D eigenvalue weighted by Crippen LogP contribution is -2.07. The molecule has 0 amide bonds. The van der Waals surface area contributed by atoms with Crippen LogP contribution in [0.5, 0.6) is 0 Å². The van der Waals surface area contributed by atoms with Crippen molar-refractivity contribution in [3.63, 3.8) is 0 Å². The van der Waals surface area contributed by atoms with E-state index in [9.17, 15) is 9.09 Å². The maximum atomic E-state index is 12.2. The Kier molecular flexibility index (Phi) is 4.71. The second-order valence-electron chi connectivity index (χ2n) is 3.00. The van der Waals surface area contributed by atoms with Gasteiger partial charge in [-0.2, -0.15) is 4.20 Å². The lowest BCUT2D eigenvalue weighted by atomic mass is 10.1. The van der Waals surface area contributed by atoms with Gasteiger partial charge in [0, 0.05) is 6.42 Å². The molecular weight excluding hydrogens is 186 g/mol. The van der Waals surface area contributed by atoms with Gasteiger partial charge in [0.1, 0.15) is 0 Å². The zero-order valence-corrected chi connectivity index (χ0v) is 8.66. The van der Waals surface area contributed by atoms with Gasteiger partial charge < -0.3 is 9.79 Å². The molecule has 0 bridgehead atoms. The number of halogens is 1. The summed E-state index contributed by atoms with van der Waals surface area (Å²) >= 11 is 0. The molecule has 0 spiro atoms. The number of hydrogen-bond donors (Lipinski definition) is 1. The zero-order valence-electron chi connectivity index (χ0n) is 6.95. The van der Waals surface area contributed by atoms with E-state index in [0.717, 1.165) is 6.42 Å². The van der Waals surface area contributed by atoms with E-state index in [-0.39, 0.29) is 5.25 Å². The minimum Gasteiger partial charge on any atom is -0.738 e. The summed E-state index contributed by atoms with van der Waals surface area (Å²) in [7, 11) is 0.529. The van der Waals surface area contributed by atoms with Crippen molar-refractivity contribution < 1.29 is 14.0 Å².